The summed E-state index contributed by atoms with van der Waals surface area (Å²) in [5.74, 6) is 0.128. The molecule has 0 aromatic heterocycles. The van der Waals surface area contributed by atoms with Crippen LogP contribution in [0.4, 0.5) is 0 Å². The van der Waals surface area contributed by atoms with E-state index in [9.17, 15) is 8.42 Å². The predicted molar refractivity (Wildman–Crippen MR) is 49.1 cm³/mol. The predicted octanol–water partition coefficient (Wildman–Crippen LogP) is -0.344. The number of ether oxygens (including phenoxy) is 1. The minimum Gasteiger partial charge on any atom is -0.380 e. The van der Waals surface area contributed by atoms with Gasteiger partial charge in [-0.15, -0.1) is 0 Å². The van der Waals surface area contributed by atoms with Crippen LogP contribution in [-0.4, -0.2) is 46.7 Å². The van der Waals surface area contributed by atoms with Crippen LogP contribution >= 0.6 is 0 Å². The molecular formula is C7H17NO3S. The average molecular weight is 195 g/mol. The molecule has 1 N–H and O–H groups in total. The SMILES string of the molecule is CCOCC(CS(C)(=O)=O)NC. The molecule has 0 spiro atoms. The second kappa shape index (κ2) is 5.50. The molecule has 0 aliphatic carbocycles. The van der Waals surface area contributed by atoms with Gasteiger partial charge in [0.05, 0.1) is 12.4 Å². The number of sulfone groups is 1. The fraction of sp³-hybridized carbons (Fsp3) is 1.00. The minimum atomic E-state index is -2.91. The maximum atomic E-state index is 10.9. The molecule has 1 atom stereocenters. The van der Waals surface area contributed by atoms with Crippen molar-refractivity contribution in [3.8, 4) is 0 Å². The van der Waals surface area contributed by atoms with E-state index in [-0.39, 0.29) is 11.8 Å². The van der Waals surface area contributed by atoms with Gasteiger partial charge in [-0.05, 0) is 14.0 Å². The summed E-state index contributed by atoms with van der Waals surface area (Å²) in [5, 5.41) is 2.89. The van der Waals surface area contributed by atoms with Crippen molar-refractivity contribution in [1.82, 2.24) is 5.32 Å². The minimum absolute atomic E-state index is 0.0973. The zero-order valence-corrected chi connectivity index (χ0v) is 8.65. The van der Waals surface area contributed by atoms with Crippen LogP contribution in [0.1, 0.15) is 6.92 Å². The summed E-state index contributed by atoms with van der Waals surface area (Å²) in [5.41, 5.74) is 0. The number of likely N-dealkylation sites (N-methyl/N-ethyl adjacent to an activating group) is 1. The largest absolute Gasteiger partial charge is 0.380 e. The molecule has 0 bridgehead atoms. The fourth-order valence-corrected chi connectivity index (χ4v) is 1.83. The van der Waals surface area contributed by atoms with E-state index in [1.54, 1.807) is 7.05 Å². The molecule has 0 aliphatic rings. The van der Waals surface area contributed by atoms with Crippen LogP contribution in [0.15, 0.2) is 0 Å². The summed E-state index contributed by atoms with van der Waals surface area (Å²) in [4.78, 5) is 0. The van der Waals surface area contributed by atoms with Crippen LogP contribution in [0.3, 0.4) is 0 Å². The Morgan fingerprint density at radius 2 is 2.08 bits per heavy atom. The summed E-state index contributed by atoms with van der Waals surface area (Å²) in [6.45, 7) is 2.94. The monoisotopic (exact) mass is 195 g/mol. The summed E-state index contributed by atoms with van der Waals surface area (Å²) in [7, 11) is -1.18. The summed E-state index contributed by atoms with van der Waals surface area (Å²) >= 11 is 0. The van der Waals surface area contributed by atoms with Gasteiger partial charge in [0.15, 0.2) is 0 Å². The Morgan fingerprint density at radius 1 is 1.50 bits per heavy atom. The van der Waals surface area contributed by atoms with Crippen LogP contribution in [-0.2, 0) is 14.6 Å². The highest BCUT2D eigenvalue weighted by Crippen LogP contribution is 1.91. The van der Waals surface area contributed by atoms with Crippen LogP contribution in [0.2, 0.25) is 0 Å². The Morgan fingerprint density at radius 3 is 2.42 bits per heavy atom. The van der Waals surface area contributed by atoms with Crippen LogP contribution in [0.5, 0.6) is 0 Å². The first-order chi connectivity index (χ1) is 5.49. The molecule has 0 aromatic rings. The van der Waals surface area contributed by atoms with Gasteiger partial charge in [-0.25, -0.2) is 8.42 Å². The van der Waals surface area contributed by atoms with Gasteiger partial charge >= 0.3 is 0 Å². The molecule has 4 nitrogen and oxygen atoms in total. The lowest BCUT2D eigenvalue weighted by Gasteiger charge is -2.14. The van der Waals surface area contributed by atoms with Gasteiger partial charge in [-0.1, -0.05) is 0 Å². The lowest BCUT2D eigenvalue weighted by Crippen LogP contribution is -2.36. The van der Waals surface area contributed by atoms with Crippen LogP contribution in [0, 0.1) is 0 Å². The van der Waals surface area contributed by atoms with Gasteiger partial charge in [-0.2, -0.15) is 0 Å². The highest BCUT2D eigenvalue weighted by Gasteiger charge is 2.12. The normalized spacial score (nSPS) is 14.6. The maximum absolute atomic E-state index is 10.9. The highest BCUT2D eigenvalue weighted by molar-refractivity contribution is 7.90. The van der Waals surface area contributed by atoms with Crippen LogP contribution < -0.4 is 5.32 Å². The van der Waals surface area contributed by atoms with Gasteiger partial charge in [0.1, 0.15) is 9.84 Å². The fourth-order valence-electron chi connectivity index (χ4n) is 0.840. The number of nitrogens with one attached hydrogen (secondary N) is 1. The molecule has 0 radical (unpaired) electrons. The van der Waals surface area contributed by atoms with Gasteiger partial charge in [-0.3, -0.25) is 0 Å². The third-order valence-corrected chi connectivity index (χ3v) is 2.44. The van der Waals surface area contributed by atoms with E-state index in [1.807, 2.05) is 6.92 Å². The standard InChI is InChI=1S/C7H17NO3S/c1-4-11-5-7(8-2)6-12(3,9)10/h7-8H,4-6H2,1-3H3. The van der Waals surface area contributed by atoms with Gasteiger partial charge in [0, 0.05) is 18.9 Å². The molecule has 74 valence electrons. The third kappa shape index (κ3) is 6.57. The maximum Gasteiger partial charge on any atom is 0.149 e. The van der Waals surface area contributed by atoms with E-state index in [0.717, 1.165) is 0 Å². The zero-order chi connectivity index (χ0) is 9.61. The Bertz CT molecular complexity index is 201. The van der Waals surface area contributed by atoms with E-state index >= 15 is 0 Å². The molecule has 5 heteroatoms. The van der Waals surface area contributed by atoms with Crippen molar-refractivity contribution in [2.45, 2.75) is 13.0 Å². The van der Waals surface area contributed by atoms with E-state index in [4.69, 9.17) is 4.74 Å². The van der Waals surface area contributed by atoms with Gasteiger partial charge in [0.2, 0.25) is 0 Å². The van der Waals surface area contributed by atoms with Crippen molar-refractivity contribution >= 4 is 9.84 Å². The Hall–Kier alpha value is -0.130. The van der Waals surface area contributed by atoms with Gasteiger partial charge < -0.3 is 10.1 Å². The first-order valence-corrected chi connectivity index (χ1v) is 5.98. The molecule has 1 unspecified atom stereocenters. The number of rotatable bonds is 6. The molecule has 0 aromatic carbocycles. The lowest BCUT2D eigenvalue weighted by molar-refractivity contribution is 0.130. The van der Waals surface area contributed by atoms with E-state index in [2.05, 4.69) is 5.32 Å². The van der Waals surface area contributed by atoms with Crippen molar-refractivity contribution in [1.29, 1.82) is 0 Å². The second-order valence-electron chi connectivity index (χ2n) is 2.74. The second-order valence-corrected chi connectivity index (χ2v) is 4.92. The summed E-state index contributed by atoms with van der Waals surface area (Å²) < 4.78 is 26.8. The quantitative estimate of drug-likeness (QED) is 0.630. The molecule has 0 amide bonds. The molecule has 12 heavy (non-hydrogen) atoms. The average Bonchev–Trinajstić information content (AvgIpc) is 1.95. The summed E-state index contributed by atoms with van der Waals surface area (Å²) in [6, 6.07) is -0.0973. The topological polar surface area (TPSA) is 55.4 Å². The molecule has 0 heterocycles. The van der Waals surface area contributed by atoms with E-state index in [1.165, 1.54) is 6.26 Å². The first kappa shape index (κ1) is 11.9. The molecule has 0 fully saturated rings. The first-order valence-electron chi connectivity index (χ1n) is 3.92. The highest BCUT2D eigenvalue weighted by atomic mass is 32.2. The van der Waals surface area contributed by atoms with Crippen molar-refractivity contribution < 1.29 is 13.2 Å². The van der Waals surface area contributed by atoms with Gasteiger partial charge in [0.25, 0.3) is 0 Å². The zero-order valence-electron chi connectivity index (χ0n) is 7.83. The van der Waals surface area contributed by atoms with Crippen molar-refractivity contribution in [3.63, 3.8) is 0 Å². The molecule has 0 saturated carbocycles. The lowest BCUT2D eigenvalue weighted by atomic mass is 10.4. The smallest absolute Gasteiger partial charge is 0.149 e. The van der Waals surface area contributed by atoms with Crippen LogP contribution in [0.25, 0.3) is 0 Å². The number of hydrogen-bond donors (Lipinski definition) is 1. The Labute approximate surface area is 74.2 Å². The molecule has 0 saturated heterocycles. The summed E-state index contributed by atoms with van der Waals surface area (Å²) in [6.07, 6.45) is 1.23. The Balaban J connectivity index is 3.83. The van der Waals surface area contributed by atoms with Crippen molar-refractivity contribution in [2.24, 2.45) is 0 Å². The number of hydrogen-bond acceptors (Lipinski definition) is 4. The molecule has 0 aliphatic heterocycles. The van der Waals surface area contributed by atoms with Crippen molar-refractivity contribution in [2.75, 3.05) is 32.3 Å². The van der Waals surface area contributed by atoms with Crippen molar-refractivity contribution in [3.05, 3.63) is 0 Å². The van der Waals surface area contributed by atoms with E-state index in [0.29, 0.717) is 13.2 Å². The third-order valence-electron chi connectivity index (χ3n) is 1.44. The molecule has 0 rings (SSSR count). The van der Waals surface area contributed by atoms with E-state index < -0.39 is 9.84 Å². The Kier molecular flexibility index (Phi) is 5.44. The molecular weight excluding hydrogens is 178 g/mol.